The molecule has 0 saturated heterocycles. The number of aromatic amines is 1. The Kier molecular flexibility index (Phi) is 5.38. The van der Waals surface area contributed by atoms with Crippen LogP contribution in [0.25, 0.3) is 11.4 Å². The number of nitrogens with one attached hydrogen (secondary N) is 1. The number of rotatable bonds is 7. The molecule has 4 N–H and O–H groups in total. The van der Waals surface area contributed by atoms with Crippen molar-refractivity contribution in [1.82, 2.24) is 15.2 Å². The van der Waals surface area contributed by atoms with E-state index in [-0.39, 0.29) is 5.75 Å². The summed E-state index contributed by atoms with van der Waals surface area (Å²) >= 11 is 0. The van der Waals surface area contributed by atoms with Crippen LogP contribution in [0, 0.1) is 0 Å². The Balaban J connectivity index is 1.86. The van der Waals surface area contributed by atoms with Gasteiger partial charge in [-0.25, -0.2) is 4.98 Å². The van der Waals surface area contributed by atoms with E-state index in [0.29, 0.717) is 36.4 Å². The van der Waals surface area contributed by atoms with Crippen molar-refractivity contribution < 1.29 is 14.6 Å². The maximum Gasteiger partial charge on any atom is 0.181 e. The van der Waals surface area contributed by atoms with Gasteiger partial charge in [-0.05, 0) is 55.8 Å². The van der Waals surface area contributed by atoms with Crippen molar-refractivity contribution >= 4 is 0 Å². The molecular formula is C19H22N4O3. The van der Waals surface area contributed by atoms with Gasteiger partial charge in [-0.3, -0.25) is 5.10 Å². The van der Waals surface area contributed by atoms with Crippen molar-refractivity contribution in [3.63, 3.8) is 0 Å². The van der Waals surface area contributed by atoms with E-state index in [9.17, 15) is 5.11 Å². The number of nitrogens with two attached hydrogens (primary N) is 1. The highest BCUT2D eigenvalue weighted by atomic mass is 16.5. The number of phenols is 1. The number of nitrogens with zero attached hydrogens (tertiary/aromatic N) is 2. The van der Waals surface area contributed by atoms with Crippen LogP contribution in [0.15, 0.2) is 42.5 Å². The van der Waals surface area contributed by atoms with Gasteiger partial charge in [-0.15, -0.1) is 0 Å². The summed E-state index contributed by atoms with van der Waals surface area (Å²) in [6.45, 7) is 4.94. The predicted octanol–water partition coefficient (Wildman–Crippen LogP) is 3.02. The molecule has 1 atom stereocenters. The minimum atomic E-state index is -0.483. The quantitative estimate of drug-likeness (QED) is 0.602. The first kappa shape index (κ1) is 17.8. The Hall–Kier alpha value is -3.06. The molecule has 0 fully saturated rings. The van der Waals surface area contributed by atoms with Gasteiger partial charge in [0.15, 0.2) is 17.3 Å². The van der Waals surface area contributed by atoms with Gasteiger partial charge in [0.2, 0.25) is 0 Å². The molecule has 0 unspecified atom stereocenters. The zero-order valence-electron chi connectivity index (χ0n) is 14.8. The van der Waals surface area contributed by atoms with Crippen LogP contribution >= 0.6 is 0 Å². The number of hydrogen-bond acceptors (Lipinski definition) is 6. The first-order valence-corrected chi connectivity index (χ1v) is 8.49. The van der Waals surface area contributed by atoms with Crippen LogP contribution in [0.1, 0.15) is 31.3 Å². The van der Waals surface area contributed by atoms with E-state index in [1.165, 1.54) is 0 Å². The Labute approximate surface area is 151 Å². The normalized spacial score (nSPS) is 12.0. The topological polar surface area (TPSA) is 106 Å². The zero-order chi connectivity index (χ0) is 18.5. The molecule has 0 saturated carbocycles. The lowest BCUT2D eigenvalue weighted by atomic mass is 10.1. The van der Waals surface area contributed by atoms with Crippen molar-refractivity contribution in [1.29, 1.82) is 0 Å². The van der Waals surface area contributed by atoms with Gasteiger partial charge >= 0.3 is 0 Å². The highest BCUT2D eigenvalue weighted by Crippen LogP contribution is 2.31. The molecule has 0 aliphatic rings. The maximum atomic E-state index is 9.39. The summed E-state index contributed by atoms with van der Waals surface area (Å²) in [6.07, 6.45) is 0. The fraction of sp³-hybridized carbons (Fsp3) is 0.263. The monoisotopic (exact) mass is 354 g/mol. The largest absolute Gasteiger partial charge is 0.508 e. The van der Waals surface area contributed by atoms with Gasteiger partial charge in [-0.2, -0.15) is 5.10 Å². The summed E-state index contributed by atoms with van der Waals surface area (Å²) in [5.74, 6) is 2.60. The van der Waals surface area contributed by atoms with E-state index >= 15 is 0 Å². The molecule has 0 radical (unpaired) electrons. The highest BCUT2D eigenvalue weighted by Gasteiger charge is 2.17. The third kappa shape index (κ3) is 3.78. The average Bonchev–Trinajstić information content (AvgIpc) is 3.13. The summed E-state index contributed by atoms with van der Waals surface area (Å²) in [6, 6.07) is 11.8. The molecular weight excluding hydrogens is 332 g/mol. The Morgan fingerprint density at radius 2 is 1.73 bits per heavy atom. The fourth-order valence-electron chi connectivity index (χ4n) is 2.57. The summed E-state index contributed by atoms with van der Waals surface area (Å²) in [7, 11) is 0. The molecule has 0 amide bonds. The van der Waals surface area contributed by atoms with Crippen LogP contribution in [0.5, 0.6) is 17.2 Å². The molecule has 2 aromatic carbocycles. The second-order valence-corrected chi connectivity index (χ2v) is 5.64. The first-order valence-electron chi connectivity index (χ1n) is 8.49. The average molecular weight is 354 g/mol. The maximum absolute atomic E-state index is 9.39. The van der Waals surface area contributed by atoms with E-state index in [4.69, 9.17) is 15.2 Å². The molecule has 136 valence electrons. The number of aromatic hydroxyl groups is 1. The molecule has 1 aromatic heterocycles. The molecule has 0 bridgehead atoms. The Morgan fingerprint density at radius 3 is 2.42 bits per heavy atom. The van der Waals surface area contributed by atoms with Crippen molar-refractivity contribution in [2.24, 2.45) is 5.73 Å². The van der Waals surface area contributed by atoms with Crippen molar-refractivity contribution in [3.05, 3.63) is 53.9 Å². The molecule has 0 aliphatic heterocycles. The molecule has 0 aliphatic carbocycles. The van der Waals surface area contributed by atoms with Gasteiger partial charge in [0.1, 0.15) is 11.6 Å². The Bertz CT molecular complexity index is 861. The molecule has 3 aromatic rings. The van der Waals surface area contributed by atoms with Crippen molar-refractivity contribution in [2.45, 2.75) is 19.9 Å². The van der Waals surface area contributed by atoms with Crippen LogP contribution in [0.4, 0.5) is 0 Å². The van der Waals surface area contributed by atoms with Gasteiger partial charge < -0.3 is 20.3 Å². The summed E-state index contributed by atoms with van der Waals surface area (Å²) in [5, 5.41) is 16.5. The molecule has 7 heteroatoms. The Morgan fingerprint density at radius 1 is 1.04 bits per heavy atom. The SMILES string of the molecule is CCOc1ccc([C@H](N)c2nc(-c3ccc(O)cc3)n[nH]2)cc1OCC. The van der Waals surface area contributed by atoms with E-state index in [1.54, 1.807) is 24.3 Å². The summed E-state index contributed by atoms with van der Waals surface area (Å²) in [5.41, 5.74) is 7.98. The molecule has 3 rings (SSSR count). The lowest BCUT2D eigenvalue weighted by molar-refractivity contribution is 0.287. The minimum absolute atomic E-state index is 0.194. The second kappa shape index (κ2) is 7.88. The number of ether oxygens (including phenoxy) is 2. The smallest absolute Gasteiger partial charge is 0.181 e. The number of phenolic OH excluding ortho intramolecular Hbond substituents is 1. The van der Waals surface area contributed by atoms with E-state index in [2.05, 4.69) is 15.2 Å². The summed E-state index contributed by atoms with van der Waals surface area (Å²) in [4.78, 5) is 4.48. The lowest BCUT2D eigenvalue weighted by Crippen LogP contribution is -2.14. The molecule has 1 heterocycles. The third-order valence-electron chi connectivity index (χ3n) is 3.85. The van der Waals surface area contributed by atoms with Crippen LogP contribution in [0.3, 0.4) is 0 Å². The molecule has 0 spiro atoms. The number of hydrogen-bond donors (Lipinski definition) is 3. The summed E-state index contributed by atoms with van der Waals surface area (Å²) < 4.78 is 11.2. The van der Waals surface area contributed by atoms with E-state index < -0.39 is 6.04 Å². The van der Waals surface area contributed by atoms with Gasteiger partial charge in [0, 0.05) is 5.56 Å². The highest BCUT2D eigenvalue weighted by molar-refractivity contribution is 5.56. The van der Waals surface area contributed by atoms with Crippen molar-refractivity contribution in [3.8, 4) is 28.6 Å². The minimum Gasteiger partial charge on any atom is -0.508 e. The van der Waals surface area contributed by atoms with Crippen LogP contribution < -0.4 is 15.2 Å². The fourth-order valence-corrected chi connectivity index (χ4v) is 2.57. The van der Waals surface area contributed by atoms with E-state index in [1.807, 2.05) is 32.0 Å². The van der Waals surface area contributed by atoms with E-state index in [0.717, 1.165) is 11.1 Å². The van der Waals surface area contributed by atoms with Crippen molar-refractivity contribution in [2.75, 3.05) is 13.2 Å². The van der Waals surface area contributed by atoms with Gasteiger partial charge in [0.05, 0.1) is 19.3 Å². The number of aromatic nitrogens is 3. The standard InChI is InChI=1S/C19H22N4O3/c1-3-25-15-10-7-13(11-16(15)26-4-2)17(20)19-21-18(22-23-19)12-5-8-14(24)9-6-12/h5-11,17,24H,3-4,20H2,1-2H3,(H,21,22,23)/t17-/m0/s1. The van der Waals surface area contributed by atoms with Gasteiger partial charge in [-0.1, -0.05) is 6.07 Å². The number of H-pyrrole nitrogens is 1. The lowest BCUT2D eigenvalue weighted by Gasteiger charge is -2.14. The first-order chi connectivity index (χ1) is 12.6. The van der Waals surface area contributed by atoms with Crippen LogP contribution in [-0.4, -0.2) is 33.5 Å². The van der Waals surface area contributed by atoms with Gasteiger partial charge in [0.25, 0.3) is 0 Å². The number of benzene rings is 2. The molecule has 26 heavy (non-hydrogen) atoms. The third-order valence-corrected chi connectivity index (χ3v) is 3.85. The van der Waals surface area contributed by atoms with Crippen LogP contribution in [0.2, 0.25) is 0 Å². The predicted molar refractivity (Wildman–Crippen MR) is 98.3 cm³/mol. The second-order valence-electron chi connectivity index (χ2n) is 5.64. The zero-order valence-corrected chi connectivity index (χ0v) is 14.8. The van der Waals surface area contributed by atoms with Crippen LogP contribution in [-0.2, 0) is 0 Å². The molecule has 7 nitrogen and oxygen atoms in total.